The Hall–Kier alpha value is -1.44. The number of nitrogens with one attached hydrogen (secondary N) is 2. The number of carbonyl (C=O) groups excluding carboxylic acids is 1. The third-order valence-electron chi connectivity index (χ3n) is 4.16. The molecule has 1 aromatic rings. The van der Waals surface area contributed by atoms with Crippen molar-refractivity contribution in [3.63, 3.8) is 0 Å². The number of carbonyl (C=O) groups is 1. The lowest BCUT2D eigenvalue weighted by molar-refractivity contribution is -0.117. The van der Waals surface area contributed by atoms with Gasteiger partial charge in [-0.3, -0.25) is 4.79 Å². The lowest BCUT2D eigenvalue weighted by Gasteiger charge is -2.13. The van der Waals surface area contributed by atoms with Gasteiger partial charge in [0, 0.05) is 19.3 Å². The van der Waals surface area contributed by atoms with Crippen molar-refractivity contribution in [3.8, 4) is 0 Å². The summed E-state index contributed by atoms with van der Waals surface area (Å²) in [5.74, 6) is 0.339. The molecule has 0 bridgehead atoms. The summed E-state index contributed by atoms with van der Waals surface area (Å²) in [6, 6.07) is 4.86. The van der Waals surface area contributed by atoms with Crippen molar-refractivity contribution >= 4 is 21.6 Å². The molecule has 2 aliphatic rings. The lowest BCUT2D eigenvalue weighted by Crippen LogP contribution is -2.30. The fraction of sp³-hybridized carbons (Fsp3) is 0.500. The summed E-state index contributed by atoms with van der Waals surface area (Å²) in [6.45, 7) is 2.25. The maximum atomic E-state index is 12.3. The Kier molecular flexibility index (Phi) is 3.73. The van der Waals surface area contributed by atoms with Gasteiger partial charge >= 0.3 is 0 Å². The van der Waals surface area contributed by atoms with Crippen LogP contribution in [-0.4, -0.2) is 41.0 Å². The molecule has 0 aromatic heterocycles. The largest absolute Gasteiger partial charge is 0.316 e. The first-order valence-corrected chi connectivity index (χ1v) is 8.55. The molecule has 2 N–H and O–H groups in total. The van der Waals surface area contributed by atoms with Crippen molar-refractivity contribution in [3.05, 3.63) is 23.8 Å². The molecular formula is C14H19N3O3S. The monoisotopic (exact) mass is 309 g/mol. The van der Waals surface area contributed by atoms with Crippen LogP contribution in [0.15, 0.2) is 23.1 Å². The van der Waals surface area contributed by atoms with Crippen LogP contribution in [0.3, 0.4) is 0 Å². The van der Waals surface area contributed by atoms with Gasteiger partial charge in [-0.05, 0) is 49.2 Å². The fourth-order valence-electron chi connectivity index (χ4n) is 2.81. The Morgan fingerprint density at radius 2 is 2.24 bits per heavy atom. The van der Waals surface area contributed by atoms with Crippen LogP contribution in [0.1, 0.15) is 12.0 Å². The minimum absolute atomic E-state index is 0.00969. The predicted molar refractivity (Wildman–Crippen MR) is 79.7 cm³/mol. The molecule has 1 unspecified atom stereocenters. The van der Waals surface area contributed by atoms with Crippen molar-refractivity contribution in [1.82, 2.24) is 10.0 Å². The summed E-state index contributed by atoms with van der Waals surface area (Å²) in [6.07, 6.45) is 1.26. The first kappa shape index (κ1) is 14.5. The number of fused-ring (bicyclic) bond motifs is 1. The predicted octanol–water partition coefficient (Wildman–Crippen LogP) is 0.0933. The quantitative estimate of drug-likeness (QED) is 0.826. The zero-order valence-corrected chi connectivity index (χ0v) is 12.7. The highest BCUT2D eigenvalue weighted by Crippen LogP contribution is 2.29. The standard InChI is InChI=1S/C14H19N3O3S/c1-17-13-3-2-12(6-11(13)7-14(17)18)21(19,20)16-9-10-4-5-15-8-10/h2-3,6,10,15-16H,4-5,7-9H2,1H3. The summed E-state index contributed by atoms with van der Waals surface area (Å²) in [7, 11) is -1.81. The smallest absolute Gasteiger partial charge is 0.240 e. The molecule has 114 valence electrons. The Morgan fingerprint density at radius 3 is 2.95 bits per heavy atom. The van der Waals surface area contributed by atoms with Crippen LogP contribution >= 0.6 is 0 Å². The van der Waals surface area contributed by atoms with Crippen molar-refractivity contribution in [1.29, 1.82) is 0 Å². The van der Waals surface area contributed by atoms with Gasteiger partial charge in [0.2, 0.25) is 15.9 Å². The number of benzene rings is 1. The Balaban J connectivity index is 1.77. The molecule has 2 heterocycles. The van der Waals surface area contributed by atoms with E-state index in [9.17, 15) is 13.2 Å². The second-order valence-electron chi connectivity index (χ2n) is 5.63. The van der Waals surface area contributed by atoms with E-state index in [1.165, 1.54) is 0 Å². The van der Waals surface area contributed by atoms with Crippen molar-refractivity contribution in [2.75, 3.05) is 31.6 Å². The number of hydrogen-bond acceptors (Lipinski definition) is 4. The Labute approximate surface area is 124 Å². The average Bonchev–Trinajstić information content (AvgIpc) is 3.06. The number of amides is 1. The summed E-state index contributed by atoms with van der Waals surface area (Å²) >= 11 is 0. The minimum Gasteiger partial charge on any atom is -0.316 e. The number of rotatable bonds is 4. The van der Waals surface area contributed by atoms with Gasteiger partial charge < -0.3 is 10.2 Å². The van der Waals surface area contributed by atoms with Gasteiger partial charge in [-0.25, -0.2) is 13.1 Å². The first-order valence-electron chi connectivity index (χ1n) is 7.07. The normalized spacial score (nSPS) is 21.9. The van der Waals surface area contributed by atoms with Crippen LogP contribution in [0, 0.1) is 5.92 Å². The van der Waals surface area contributed by atoms with Gasteiger partial charge in [0.15, 0.2) is 0 Å². The highest BCUT2D eigenvalue weighted by molar-refractivity contribution is 7.89. The van der Waals surface area contributed by atoms with Crippen molar-refractivity contribution in [2.24, 2.45) is 5.92 Å². The van der Waals surface area contributed by atoms with Gasteiger partial charge in [-0.1, -0.05) is 0 Å². The molecule has 0 saturated carbocycles. The van der Waals surface area contributed by atoms with Gasteiger partial charge in [-0.2, -0.15) is 0 Å². The van der Waals surface area contributed by atoms with E-state index < -0.39 is 10.0 Å². The molecule has 3 rings (SSSR count). The summed E-state index contributed by atoms with van der Waals surface area (Å²) in [5.41, 5.74) is 1.56. The molecule has 0 spiro atoms. The minimum atomic E-state index is -3.51. The molecular weight excluding hydrogens is 290 g/mol. The van der Waals surface area contributed by atoms with Crippen LogP contribution < -0.4 is 14.9 Å². The summed E-state index contributed by atoms with van der Waals surface area (Å²) < 4.78 is 27.3. The molecule has 6 nitrogen and oxygen atoms in total. The number of sulfonamides is 1. The molecule has 1 atom stereocenters. The Bertz CT molecular complexity index is 666. The van der Waals surface area contributed by atoms with Gasteiger partial charge in [0.25, 0.3) is 0 Å². The maximum absolute atomic E-state index is 12.3. The van der Waals surface area contributed by atoms with Gasteiger partial charge in [0.05, 0.1) is 11.3 Å². The van der Waals surface area contributed by atoms with Crippen LogP contribution in [0.2, 0.25) is 0 Å². The number of anilines is 1. The molecule has 1 amide bonds. The van der Waals surface area contributed by atoms with Crippen LogP contribution in [0.25, 0.3) is 0 Å². The molecule has 21 heavy (non-hydrogen) atoms. The van der Waals surface area contributed by atoms with Gasteiger partial charge in [-0.15, -0.1) is 0 Å². The number of nitrogens with zero attached hydrogens (tertiary/aromatic N) is 1. The van der Waals surface area contributed by atoms with Crippen LogP contribution in [0.5, 0.6) is 0 Å². The number of likely N-dealkylation sites (N-methyl/N-ethyl adjacent to an activating group) is 1. The molecule has 0 radical (unpaired) electrons. The zero-order valence-electron chi connectivity index (χ0n) is 11.9. The first-order chi connectivity index (χ1) is 9.97. The molecule has 7 heteroatoms. The van der Waals surface area contributed by atoms with Crippen molar-refractivity contribution < 1.29 is 13.2 Å². The highest BCUT2D eigenvalue weighted by Gasteiger charge is 2.26. The third-order valence-corrected chi connectivity index (χ3v) is 5.58. The number of hydrogen-bond donors (Lipinski definition) is 2. The molecule has 2 aliphatic heterocycles. The van der Waals surface area contributed by atoms with Crippen molar-refractivity contribution in [2.45, 2.75) is 17.7 Å². The van der Waals surface area contributed by atoms with E-state index in [4.69, 9.17) is 0 Å². The van der Waals surface area contributed by atoms with E-state index in [1.807, 2.05) is 0 Å². The highest BCUT2D eigenvalue weighted by atomic mass is 32.2. The van der Waals surface area contributed by atoms with Crippen LogP contribution in [-0.2, 0) is 21.2 Å². The second kappa shape index (κ2) is 5.40. The molecule has 0 aliphatic carbocycles. The fourth-order valence-corrected chi connectivity index (χ4v) is 3.98. The molecule has 1 fully saturated rings. The topological polar surface area (TPSA) is 78.5 Å². The molecule has 1 saturated heterocycles. The SMILES string of the molecule is CN1C(=O)Cc2cc(S(=O)(=O)NCC3CCNC3)ccc21. The third kappa shape index (κ3) is 2.81. The van der Waals surface area contributed by atoms with E-state index in [0.717, 1.165) is 30.8 Å². The average molecular weight is 309 g/mol. The summed E-state index contributed by atoms with van der Waals surface area (Å²) in [5, 5.41) is 3.21. The lowest BCUT2D eigenvalue weighted by atomic mass is 10.1. The van der Waals surface area contributed by atoms with E-state index in [2.05, 4.69) is 10.0 Å². The summed E-state index contributed by atoms with van der Waals surface area (Å²) in [4.78, 5) is 13.4. The van der Waals surface area contributed by atoms with Gasteiger partial charge in [0.1, 0.15) is 0 Å². The van der Waals surface area contributed by atoms with Crippen LogP contribution in [0.4, 0.5) is 5.69 Å². The van der Waals surface area contributed by atoms with E-state index >= 15 is 0 Å². The zero-order chi connectivity index (χ0) is 15.0. The maximum Gasteiger partial charge on any atom is 0.240 e. The second-order valence-corrected chi connectivity index (χ2v) is 7.40. The molecule has 1 aromatic carbocycles. The van der Waals surface area contributed by atoms with E-state index in [0.29, 0.717) is 12.5 Å². The Morgan fingerprint density at radius 1 is 1.43 bits per heavy atom. The van der Waals surface area contributed by atoms with E-state index in [-0.39, 0.29) is 17.2 Å². The van der Waals surface area contributed by atoms with E-state index in [1.54, 1.807) is 30.1 Å².